The predicted octanol–water partition coefficient (Wildman–Crippen LogP) is 6.07. The van der Waals surface area contributed by atoms with Crippen LogP contribution in [0.2, 0.25) is 28.2 Å². The summed E-state index contributed by atoms with van der Waals surface area (Å²) in [6, 6.07) is 5.44. The van der Waals surface area contributed by atoms with Crippen molar-refractivity contribution in [3.63, 3.8) is 0 Å². The largest absolute Gasteiger partial charge is 0.411 e. The quantitative estimate of drug-likeness (QED) is 0.425. The minimum absolute atomic E-state index is 0.108. The van der Waals surface area contributed by atoms with Crippen molar-refractivity contribution >= 4 is 31.5 Å². The van der Waals surface area contributed by atoms with Gasteiger partial charge in [0.2, 0.25) is 0 Å². The lowest BCUT2D eigenvalue weighted by Crippen LogP contribution is -2.45. The average Bonchev–Trinajstić information content (AvgIpc) is 2.40. The number of benzene rings is 1. The maximum Gasteiger partial charge on any atom is 0.192 e. The molecule has 0 heterocycles. The van der Waals surface area contributed by atoms with Gasteiger partial charge in [-0.2, -0.15) is 0 Å². The summed E-state index contributed by atoms with van der Waals surface area (Å²) >= 11 is 12.7. The Hall–Kier alpha value is -0.103. The SMILES string of the molecule is COCO[C@@H](c1c(Cl)cccc1Cl)[C@H](C)O[Si](C)(C)C(C)(C)C. The van der Waals surface area contributed by atoms with E-state index in [0.717, 1.165) is 5.56 Å². The minimum Gasteiger partial charge on any atom is -0.411 e. The summed E-state index contributed by atoms with van der Waals surface area (Å²) < 4.78 is 17.4. The second kappa shape index (κ2) is 8.32. The molecule has 0 radical (unpaired) electrons. The summed E-state index contributed by atoms with van der Waals surface area (Å²) in [5.74, 6) is 0. The van der Waals surface area contributed by atoms with Crippen LogP contribution in [0, 0.1) is 0 Å². The fourth-order valence-electron chi connectivity index (χ4n) is 2.08. The molecule has 0 fully saturated rings. The molecule has 23 heavy (non-hydrogen) atoms. The first-order valence-electron chi connectivity index (χ1n) is 7.73. The Balaban J connectivity index is 3.12. The molecular weight excluding hydrogens is 351 g/mol. The molecule has 0 amide bonds. The van der Waals surface area contributed by atoms with Crippen molar-refractivity contribution in [3.05, 3.63) is 33.8 Å². The number of hydrogen-bond acceptors (Lipinski definition) is 3. The molecule has 132 valence electrons. The highest BCUT2D eigenvalue weighted by atomic mass is 35.5. The van der Waals surface area contributed by atoms with Crippen molar-refractivity contribution in [2.45, 2.75) is 58.0 Å². The Labute approximate surface area is 151 Å². The summed E-state index contributed by atoms with van der Waals surface area (Å²) in [6.07, 6.45) is -0.575. The van der Waals surface area contributed by atoms with Gasteiger partial charge in [-0.05, 0) is 37.2 Å². The van der Waals surface area contributed by atoms with Crippen LogP contribution in [0.3, 0.4) is 0 Å². The van der Waals surface area contributed by atoms with Crippen molar-refractivity contribution in [1.82, 2.24) is 0 Å². The summed E-state index contributed by atoms with van der Waals surface area (Å²) in [5.41, 5.74) is 0.749. The molecule has 0 spiro atoms. The number of rotatable bonds is 7. The topological polar surface area (TPSA) is 27.7 Å². The van der Waals surface area contributed by atoms with Crippen molar-refractivity contribution < 1.29 is 13.9 Å². The molecule has 0 aliphatic carbocycles. The molecule has 1 rings (SSSR count). The number of hydrogen-bond donors (Lipinski definition) is 0. The van der Waals surface area contributed by atoms with Gasteiger partial charge in [-0.1, -0.05) is 50.0 Å². The van der Waals surface area contributed by atoms with E-state index in [1.165, 1.54) is 0 Å². The van der Waals surface area contributed by atoms with E-state index in [4.69, 9.17) is 37.1 Å². The van der Waals surface area contributed by atoms with Crippen LogP contribution in [-0.2, 0) is 13.9 Å². The van der Waals surface area contributed by atoms with E-state index >= 15 is 0 Å². The van der Waals surface area contributed by atoms with Crippen molar-refractivity contribution in [2.24, 2.45) is 0 Å². The molecule has 0 unspecified atom stereocenters. The van der Waals surface area contributed by atoms with Gasteiger partial charge in [0, 0.05) is 22.7 Å². The fraction of sp³-hybridized carbons (Fsp3) is 0.647. The number of ether oxygens (including phenoxy) is 2. The van der Waals surface area contributed by atoms with Gasteiger partial charge in [0.05, 0.1) is 6.10 Å². The molecule has 1 aromatic rings. The first-order chi connectivity index (χ1) is 10.5. The lowest BCUT2D eigenvalue weighted by Gasteiger charge is -2.40. The van der Waals surface area contributed by atoms with E-state index in [1.54, 1.807) is 7.11 Å². The van der Waals surface area contributed by atoms with Gasteiger partial charge in [-0.3, -0.25) is 0 Å². The minimum atomic E-state index is -1.94. The average molecular weight is 379 g/mol. The van der Waals surface area contributed by atoms with Crippen LogP contribution in [-0.4, -0.2) is 28.3 Å². The van der Waals surface area contributed by atoms with Gasteiger partial charge >= 0.3 is 0 Å². The highest BCUT2D eigenvalue weighted by Crippen LogP contribution is 2.41. The van der Waals surface area contributed by atoms with Crippen LogP contribution in [0.5, 0.6) is 0 Å². The second-order valence-electron chi connectivity index (χ2n) is 7.21. The summed E-state index contributed by atoms with van der Waals surface area (Å²) in [6.45, 7) is 13.2. The van der Waals surface area contributed by atoms with Gasteiger partial charge in [-0.15, -0.1) is 0 Å². The van der Waals surface area contributed by atoms with E-state index < -0.39 is 8.32 Å². The highest BCUT2D eigenvalue weighted by Gasteiger charge is 2.40. The summed E-state index contributed by atoms with van der Waals surface area (Å²) in [4.78, 5) is 0. The Bertz CT molecular complexity index is 495. The Kier molecular flexibility index (Phi) is 7.58. The molecule has 6 heteroatoms. The molecule has 1 aromatic carbocycles. The molecule has 0 saturated carbocycles. The molecule has 3 nitrogen and oxygen atoms in total. The third kappa shape index (κ3) is 5.45. The lowest BCUT2D eigenvalue weighted by atomic mass is 10.1. The zero-order valence-electron chi connectivity index (χ0n) is 15.1. The first kappa shape index (κ1) is 20.9. The van der Waals surface area contributed by atoms with E-state index in [1.807, 2.05) is 25.1 Å². The monoisotopic (exact) mass is 378 g/mol. The van der Waals surface area contributed by atoms with E-state index in [9.17, 15) is 0 Å². The fourth-order valence-corrected chi connectivity index (χ4v) is 4.10. The van der Waals surface area contributed by atoms with Crippen LogP contribution in [0.25, 0.3) is 0 Å². The maximum absolute atomic E-state index is 6.47. The van der Waals surface area contributed by atoms with Crippen molar-refractivity contribution in [2.75, 3.05) is 13.9 Å². The maximum atomic E-state index is 6.47. The van der Waals surface area contributed by atoms with Gasteiger partial charge in [-0.25, -0.2) is 0 Å². The van der Waals surface area contributed by atoms with Crippen LogP contribution in [0.4, 0.5) is 0 Å². The Morgan fingerprint density at radius 3 is 2.09 bits per heavy atom. The van der Waals surface area contributed by atoms with Gasteiger partial charge in [0.25, 0.3) is 0 Å². The van der Waals surface area contributed by atoms with Gasteiger partial charge in [0.1, 0.15) is 12.9 Å². The third-order valence-electron chi connectivity index (χ3n) is 4.36. The standard InChI is InChI=1S/C17H28Cl2O3Si/c1-12(22-23(6,7)17(2,3)4)16(21-11-20-5)15-13(18)9-8-10-14(15)19/h8-10,12,16H,11H2,1-7H3/t12-,16+/m0/s1. The summed E-state index contributed by atoms with van der Waals surface area (Å²) in [7, 11) is -0.357. The molecule has 2 atom stereocenters. The van der Waals surface area contributed by atoms with E-state index in [2.05, 4.69) is 33.9 Å². The van der Waals surface area contributed by atoms with Crippen LogP contribution in [0.1, 0.15) is 39.4 Å². The van der Waals surface area contributed by atoms with E-state index in [0.29, 0.717) is 10.0 Å². The Morgan fingerprint density at radius 1 is 1.13 bits per heavy atom. The van der Waals surface area contributed by atoms with Gasteiger partial charge < -0.3 is 13.9 Å². The lowest BCUT2D eigenvalue weighted by molar-refractivity contribution is -0.107. The third-order valence-corrected chi connectivity index (χ3v) is 9.60. The number of methoxy groups -OCH3 is 1. The second-order valence-corrected chi connectivity index (χ2v) is 12.8. The molecular formula is C17H28Cl2O3Si. The van der Waals surface area contributed by atoms with Crippen molar-refractivity contribution in [1.29, 1.82) is 0 Å². The summed E-state index contributed by atoms with van der Waals surface area (Å²) in [5, 5.41) is 1.26. The van der Waals surface area contributed by atoms with Crippen molar-refractivity contribution in [3.8, 4) is 0 Å². The van der Waals surface area contributed by atoms with Crippen LogP contribution < -0.4 is 0 Å². The van der Waals surface area contributed by atoms with E-state index in [-0.39, 0.29) is 24.0 Å². The van der Waals surface area contributed by atoms with Gasteiger partial charge in [0.15, 0.2) is 8.32 Å². The smallest absolute Gasteiger partial charge is 0.192 e. The normalized spacial score (nSPS) is 15.5. The van der Waals surface area contributed by atoms with Crippen LogP contribution in [0.15, 0.2) is 18.2 Å². The number of halogens is 2. The molecule has 0 aromatic heterocycles. The Morgan fingerprint density at radius 2 is 1.65 bits per heavy atom. The molecule has 0 saturated heterocycles. The molecule has 0 bridgehead atoms. The molecule has 0 aliphatic rings. The molecule has 0 aliphatic heterocycles. The zero-order valence-corrected chi connectivity index (χ0v) is 17.6. The first-order valence-corrected chi connectivity index (χ1v) is 11.4. The van der Waals surface area contributed by atoms with Crippen LogP contribution >= 0.6 is 23.2 Å². The highest BCUT2D eigenvalue weighted by molar-refractivity contribution is 6.74. The predicted molar refractivity (Wildman–Crippen MR) is 99.9 cm³/mol. The zero-order chi connectivity index (χ0) is 17.8. The molecule has 0 N–H and O–H groups in total.